The lowest BCUT2D eigenvalue weighted by atomic mass is 10.1. The van der Waals surface area contributed by atoms with Gasteiger partial charge in [-0.05, 0) is 24.3 Å². The summed E-state index contributed by atoms with van der Waals surface area (Å²) in [5.74, 6) is 1.35. The highest BCUT2D eigenvalue weighted by atomic mass is 16.5. The van der Waals surface area contributed by atoms with Gasteiger partial charge in [-0.15, -0.1) is 0 Å². The van der Waals surface area contributed by atoms with E-state index < -0.39 is 0 Å². The zero-order chi connectivity index (χ0) is 15.1. The van der Waals surface area contributed by atoms with Crippen molar-refractivity contribution in [3.63, 3.8) is 0 Å². The minimum atomic E-state index is -0.00690. The molecule has 0 radical (unpaired) electrons. The first-order chi connectivity index (χ1) is 10.2. The molecule has 0 aliphatic rings. The second-order valence-electron chi connectivity index (χ2n) is 4.34. The molecule has 21 heavy (non-hydrogen) atoms. The molecule has 2 aromatic rings. The number of carbonyl (C=O) groups excluding carboxylic acids is 1. The summed E-state index contributed by atoms with van der Waals surface area (Å²) in [6.07, 6.45) is 1.82. The summed E-state index contributed by atoms with van der Waals surface area (Å²) in [6, 6.07) is 14.5. The fourth-order valence-corrected chi connectivity index (χ4v) is 1.88. The summed E-state index contributed by atoms with van der Waals surface area (Å²) in [7, 11) is 3.17. The number of carbonyl (C=O) groups is 1. The summed E-state index contributed by atoms with van der Waals surface area (Å²) in [5.41, 5.74) is 1.32. The highest BCUT2D eigenvalue weighted by Crippen LogP contribution is 2.25. The van der Waals surface area contributed by atoms with Crippen LogP contribution in [0.25, 0.3) is 0 Å². The quantitative estimate of drug-likeness (QED) is 0.600. The van der Waals surface area contributed by atoms with Gasteiger partial charge in [-0.3, -0.25) is 9.79 Å². The van der Waals surface area contributed by atoms with Crippen LogP contribution in [-0.4, -0.2) is 26.2 Å². The largest absolute Gasteiger partial charge is 0.497 e. The molecule has 0 aliphatic carbocycles. The Kier molecular flexibility index (Phi) is 5.10. The molecule has 0 amide bonds. The Bertz CT molecular complexity index is 650. The van der Waals surface area contributed by atoms with Crippen molar-refractivity contribution in [3.05, 3.63) is 54.1 Å². The molecule has 0 fully saturated rings. The number of hydrogen-bond acceptors (Lipinski definition) is 4. The molecule has 0 spiro atoms. The van der Waals surface area contributed by atoms with Crippen LogP contribution in [0.3, 0.4) is 0 Å². The highest BCUT2D eigenvalue weighted by molar-refractivity contribution is 6.04. The Morgan fingerprint density at radius 2 is 1.90 bits per heavy atom. The van der Waals surface area contributed by atoms with E-state index in [0.29, 0.717) is 22.7 Å². The molecular weight excluding hydrogens is 266 g/mol. The molecule has 0 atom stereocenters. The van der Waals surface area contributed by atoms with E-state index in [4.69, 9.17) is 9.47 Å². The smallest absolute Gasteiger partial charge is 0.168 e. The molecule has 0 bridgehead atoms. The van der Waals surface area contributed by atoms with Crippen LogP contribution in [0, 0.1) is 0 Å². The van der Waals surface area contributed by atoms with Crippen molar-refractivity contribution in [2.45, 2.75) is 6.42 Å². The van der Waals surface area contributed by atoms with Crippen LogP contribution in [0.4, 0.5) is 5.69 Å². The molecule has 0 N–H and O–H groups in total. The predicted molar refractivity (Wildman–Crippen MR) is 83.1 cm³/mol. The van der Waals surface area contributed by atoms with E-state index in [2.05, 4.69) is 4.99 Å². The summed E-state index contributed by atoms with van der Waals surface area (Å²) >= 11 is 0. The van der Waals surface area contributed by atoms with Crippen molar-refractivity contribution in [1.82, 2.24) is 0 Å². The van der Waals surface area contributed by atoms with E-state index >= 15 is 0 Å². The number of ether oxygens (including phenoxy) is 2. The van der Waals surface area contributed by atoms with Crippen LogP contribution in [-0.2, 0) is 0 Å². The fourth-order valence-electron chi connectivity index (χ4n) is 1.88. The van der Waals surface area contributed by atoms with Gasteiger partial charge in [0.2, 0.25) is 0 Å². The van der Waals surface area contributed by atoms with Crippen molar-refractivity contribution in [3.8, 4) is 11.5 Å². The molecule has 0 saturated heterocycles. The van der Waals surface area contributed by atoms with Gasteiger partial charge in [0.15, 0.2) is 5.78 Å². The Morgan fingerprint density at radius 3 is 2.67 bits per heavy atom. The maximum atomic E-state index is 12.1. The Hall–Kier alpha value is -2.62. The molecule has 4 nitrogen and oxygen atoms in total. The second-order valence-corrected chi connectivity index (χ2v) is 4.34. The molecule has 2 aromatic carbocycles. The van der Waals surface area contributed by atoms with Crippen molar-refractivity contribution in [1.29, 1.82) is 0 Å². The molecular formula is C17H17NO3. The van der Waals surface area contributed by atoms with E-state index in [0.717, 1.165) is 0 Å². The van der Waals surface area contributed by atoms with Crippen LogP contribution in [0.15, 0.2) is 53.5 Å². The van der Waals surface area contributed by atoms with E-state index in [1.807, 2.05) is 24.3 Å². The number of para-hydroxylation sites is 2. The molecule has 0 saturated carbocycles. The minimum Gasteiger partial charge on any atom is -0.497 e. The first-order valence-electron chi connectivity index (χ1n) is 6.57. The van der Waals surface area contributed by atoms with Gasteiger partial charge in [-0.25, -0.2) is 0 Å². The van der Waals surface area contributed by atoms with E-state index in [9.17, 15) is 4.79 Å². The van der Waals surface area contributed by atoms with Gasteiger partial charge in [0.1, 0.15) is 17.2 Å². The molecule has 0 unspecified atom stereocenters. The monoisotopic (exact) mass is 283 g/mol. The van der Waals surface area contributed by atoms with E-state index in [1.54, 1.807) is 44.7 Å². The maximum Gasteiger partial charge on any atom is 0.168 e. The van der Waals surface area contributed by atoms with Gasteiger partial charge in [0, 0.05) is 18.2 Å². The minimum absolute atomic E-state index is 0.00690. The lowest BCUT2D eigenvalue weighted by Crippen LogP contribution is -1.99. The molecule has 4 heteroatoms. The zero-order valence-electron chi connectivity index (χ0n) is 12.1. The number of hydrogen-bond donors (Lipinski definition) is 0. The van der Waals surface area contributed by atoms with Crippen LogP contribution >= 0.6 is 0 Å². The van der Waals surface area contributed by atoms with Gasteiger partial charge < -0.3 is 9.47 Å². The van der Waals surface area contributed by atoms with Gasteiger partial charge in [-0.1, -0.05) is 24.3 Å². The van der Waals surface area contributed by atoms with Crippen LogP contribution in [0.1, 0.15) is 16.8 Å². The Morgan fingerprint density at radius 1 is 1.10 bits per heavy atom. The standard InChI is InChI=1S/C17H17NO3/c1-20-14-7-5-6-13(12-14)16(19)10-11-18-15-8-3-4-9-17(15)21-2/h3-9,11-12H,10H2,1-2H3. The normalized spacial score (nSPS) is 10.6. The molecule has 0 heterocycles. The average molecular weight is 283 g/mol. The van der Waals surface area contributed by atoms with Crippen molar-refractivity contribution < 1.29 is 14.3 Å². The van der Waals surface area contributed by atoms with Crippen molar-refractivity contribution >= 4 is 17.7 Å². The predicted octanol–water partition coefficient (Wildman–Crippen LogP) is 3.68. The topological polar surface area (TPSA) is 47.9 Å². The lowest BCUT2D eigenvalue weighted by Gasteiger charge is -2.03. The SMILES string of the molecule is COc1cccc(C(=O)CC=Nc2ccccc2OC)c1. The summed E-state index contributed by atoms with van der Waals surface area (Å²) < 4.78 is 10.3. The third-order valence-electron chi connectivity index (χ3n) is 2.98. The van der Waals surface area contributed by atoms with Crippen LogP contribution in [0.5, 0.6) is 11.5 Å². The molecule has 0 aromatic heterocycles. The fraction of sp³-hybridized carbons (Fsp3) is 0.176. The first-order valence-corrected chi connectivity index (χ1v) is 6.57. The number of ketones is 1. The molecule has 0 aliphatic heterocycles. The molecule has 2 rings (SSSR count). The van der Waals surface area contributed by atoms with Gasteiger partial charge in [-0.2, -0.15) is 0 Å². The number of rotatable bonds is 6. The Labute approximate surface area is 124 Å². The average Bonchev–Trinajstić information content (AvgIpc) is 2.55. The van der Waals surface area contributed by atoms with Gasteiger partial charge >= 0.3 is 0 Å². The summed E-state index contributed by atoms with van der Waals surface area (Å²) in [4.78, 5) is 16.4. The number of Topliss-reactive ketones (excluding diaryl/α,β-unsaturated/α-hetero) is 1. The third kappa shape index (κ3) is 3.92. The van der Waals surface area contributed by atoms with Gasteiger partial charge in [0.25, 0.3) is 0 Å². The van der Waals surface area contributed by atoms with E-state index in [-0.39, 0.29) is 12.2 Å². The third-order valence-corrected chi connectivity index (χ3v) is 2.98. The van der Waals surface area contributed by atoms with Crippen molar-refractivity contribution in [2.24, 2.45) is 4.99 Å². The van der Waals surface area contributed by atoms with Crippen molar-refractivity contribution in [2.75, 3.05) is 14.2 Å². The zero-order valence-corrected chi connectivity index (χ0v) is 12.1. The number of aliphatic imine (C=N–C) groups is 1. The second kappa shape index (κ2) is 7.24. The van der Waals surface area contributed by atoms with Crippen LogP contribution < -0.4 is 9.47 Å². The molecule has 108 valence electrons. The maximum absolute atomic E-state index is 12.1. The number of benzene rings is 2. The number of methoxy groups -OCH3 is 2. The highest BCUT2D eigenvalue weighted by Gasteiger charge is 2.05. The summed E-state index contributed by atoms with van der Waals surface area (Å²) in [6.45, 7) is 0. The summed E-state index contributed by atoms with van der Waals surface area (Å²) in [5, 5.41) is 0. The van der Waals surface area contributed by atoms with Crippen LogP contribution in [0.2, 0.25) is 0 Å². The number of nitrogens with zero attached hydrogens (tertiary/aromatic N) is 1. The van der Waals surface area contributed by atoms with E-state index in [1.165, 1.54) is 0 Å². The lowest BCUT2D eigenvalue weighted by molar-refractivity contribution is 0.100. The first kappa shape index (κ1) is 14.8. The van der Waals surface area contributed by atoms with Gasteiger partial charge in [0.05, 0.1) is 14.2 Å². The Balaban J connectivity index is 2.05.